The van der Waals surface area contributed by atoms with Gasteiger partial charge in [0.15, 0.2) is 0 Å². The Bertz CT molecular complexity index is 303. The predicted octanol–water partition coefficient (Wildman–Crippen LogP) is 4.02. The first-order chi connectivity index (χ1) is 11.0. The van der Waals surface area contributed by atoms with Gasteiger partial charge in [-0.3, -0.25) is 0 Å². The Labute approximate surface area is 144 Å². The molecule has 0 bridgehead atoms. The highest BCUT2D eigenvalue weighted by molar-refractivity contribution is 4.77. The van der Waals surface area contributed by atoms with E-state index in [9.17, 15) is 0 Å². The maximum atomic E-state index is 5.71. The number of hydrogen-bond donors (Lipinski definition) is 0. The van der Waals surface area contributed by atoms with Gasteiger partial charge in [0.25, 0.3) is 0 Å². The summed E-state index contributed by atoms with van der Waals surface area (Å²) in [6.07, 6.45) is 8.67. The minimum Gasteiger partial charge on any atom is -0.379 e. The molecule has 2 fully saturated rings. The monoisotopic (exact) mass is 324 g/mol. The third kappa shape index (κ3) is 7.11. The number of nitrogens with zero attached hydrogens (tertiary/aromatic N) is 2. The molecule has 0 amide bonds. The molecule has 0 radical (unpaired) electrons. The summed E-state index contributed by atoms with van der Waals surface area (Å²) < 4.78 is 5.71. The lowest BCUT2D eigenvalue weighted by atomic mass is 9.91. The molecule has 0 aromatic rings. The average molecular weight is 325 g/mol. The third-order valence-electron chi connectivity index (χ3n) is 5.92. The van der Waals surface area contributed by atoms with Crippen molar-refractivity contribution in [1.29, 1.82) is 0 Å². The summed E-state index contributed by atoms with van der Waals surface area (Å²) in [4.78, 5) is 5.36. The Kier molecular flexibility index (Phi) is 8.35. The normalized spacial score (nSPS) is 23.2. The zero-order chi connectivity index (χ0) is 16.7. The van der Waals surface area contributed by atoms with Crippen LogP contribution in [0.15, 0.2) is 0 Å². The molecule has 3 heteroatoms. The van der Waals surface area contributed by atoms with E-state index in [0.717, 1.165) is 24.5 Å². The molecule has 0 unspecified atom stereocenters. The van der Waals surface area contributed by atoms with Gasteiger partial charge in [-0.1, -0.05) is 0 Å². The molecule has 2 aliphatic rings. The molecular weight excluding hydrogens is 284 g/mol. The van der Waals surface area contributed by atoms with Gasteiger partial charge in [0, 0.05) is 12.6 Å². The van der Waals surface area contributed by atoms with Crippen LogP contribution in [0.2, 0.25) is 0 Å². The van der Waals surface area contributed by atoms with Crippen molar-refractivity contribution in [2.45, 2.75) is 78.4 Å². The Morgan fingerprint density at radius 2 is 1.39 bits per heavy atom. The fourth-order valence-electron chi connectivity index (χ4n) is 4.09. The van der Waals surface area contributed by atoms with Crippen LogP contribution in [0, 0.1) is 11.8 Å². The van der Waals surface area contributed by atoms with Gasteiger partial charge < -0.3 is 14.5 Å². The van der Waals surface area contributed by atoms with Crippen LogP contribution in [0.4, 0.5) is 0 Å². The molecule has 0 N–H and O–H groups in total. The Morgan fingerprint density at radius 1 is 0.826 bits per heavy atom. The van der Waals surface area contributed by atoms with E-state index in [-0.39, 0.29) is 0 Å². The first-order valence-corrected chi connectivity index (χ1v) is 10.1. The quantitative estimate of drug-likeness (QED) is 0.670. The van der Waals surface area contributed by atoms with E-state index >= 15 is 0 Å². The molecule has 2 rings (SSSR count). The van der Waals surface area contributed by atoms with Crippen LogP contribution in [-0.4, -0.2) is 61.3 Å². The summed E-state index contributed by atoms with van der Waals surface area (Å²) in [5.41, 5.74) is 0. The van der Waals surface area contributed by atoms with Crippen LogP contribution in [0.5, 0.6) is 0 Å². The Hall–Kier alpha value is -0.120. The summed E-state index contributed by atoms with van der Waals surface area (Å²) in [6, 6.07) is 0.731. The van der Waals surface area contributed by atoms with E-state index in [4.69, 9.17) is 4.74 Å². The summed E-state index contributed by atoms with van der Waals surface area (Å²) in [6.45, 7) is 16.5. The lowest BCUT2D eigenvalue weighted by molar-refractivity contribution is 0.0584. The van der Waals surface area contributed by atoms with Crippen molar-refractivity contribution >= 4 is 0 Å². The van der Waals surface area contributed by atoms with Crippen LogP contribution >= 0.6 is 0 Å². The fraction of sp³-hybridized carbons (Fsp3) is 1.00. The number of hydrogen-bond acceptors (Lipinski definition) is 3. The largest absolute Gasteiger partial charge is 0.379 e. The zero-order valence-electron chi connectivity index (χ0n) is 16.1. The van der Waals surface area contributed by atoms with Crippen molar-refractivity contribution in [2.75, 3.05) is 39.3 Å². The van der Waals surface area contributed by atoms with E-state index in [1.165, 1.54) is 71.2 Å². The van der Waals surface area contributed by atoms with E-state index in [0.29, 0.717) is 6.10 Å². The number of likely N-dealkylation sites (tertiary alicyclic amines) is 2. The SMILES string of the molecule is CC(C)OCCC1CCN(CCC2CCN(C(C)C)CC2)CC1. The standard InChI is InChI=1S/C20H40N2O/c1-17(2)22-14-8-19(9-15-22)5-11-21-12-6-20(7-13-21)10-16-23-18(3)4/h17-20H,5-16H2,1-4H3. The Balaban J connectivity index is 1.53. The van der Waals surface area contributed by atoms with Crippen molar-refractivity contribution in [3.63, 3.8) is 0 Å². The Morgan fingerprint density at radius 3 is 1.96 bits per heavy atom. The van der Waals surface area contributed by atoms with Gasteiger partial charge in [0.2, 0.25) is 0 Å². The van der Waals surface area contributed by atoms with Crippen molar-refractivity contribution in [1.82, 2.24) is 9.80 Å². The number of ether oxygens (including phenoxy) is 1. The van der Waals surface area contributed by atoms with Gasteiger partial charge in [0.1, 0.15) is 0 Å². The van der Waals surface area contributed by atoms with E-state index in [2.05, 4.69) is 37.5 Å². The van der Waals surface area contributed by atoms with Crippen LogP contribution in [0.1, 0.15) is 66.2 Å². The fourth-order valence-corrected chi connectivity index (χ4v) is 4.09. The molecule has 0 aromatic carbocycles. The van der Waals surface area contributed by atoms with E-state index in [1.54, 1.807) is 0 Å². The minimum atomic E-state index is 0.386. The highest BCUT2D eigenvalue weighted by Gasteiger charge is 2.23. The molecule has 0 aromatic heterocycles. The molecular formula is C20H40N2O. The maximum Gasteiger partial charge on any atom is 0.0518 e. The minimum absolute atomic E-state index is 0.386. The van der Waals surface area contributed by atoms with Gasteiger partial charge in [-0.15, -0.1) is 0 Å². The van der Waals surface area contributed by atoms with Gasteiger partial charge in [-0.25, -0.2) is 0 Å². The van der Waals surface area contributed by atoms with Gasteiger partial charge in [-0.2, -0.15) is 0 Å². The van der Waals surface area contributed by atoms with Crippen molar-refractivity contribution in [3.05, 3.63) is 0 Å². The molecule has 0 aliphatic carbocycles. The molecule has 2 saturated heterocycles. The number of rotatable bonds is 8. The maximum absolute atomic E-state index is 5.71. The van der Waals surface area contributed by atoms with E-state index < -0.39 is 0 Å². The van der Waals surface area contributed by atoms with Gasteiger partial charge >= 0.3 is 0 Å². The average Bonchev–Trinajstić information content (AvgIpc) is 2.54. The summed E-state index contributed by atoms with van der Waals surface area (Å²) in [5, 5.41) is 0. The topological polar surface area (TPSA) is 15.7 Å². The first kappa shape index (κ1) is 19.2. The van der Waals surface area contributed by atoms with Gasteiger partial charge in [0.05, 0.1) is 6.10 Å². The second kappa shape index (κ2) is 10.0. The molecule has 0 atom stereocenters. The molecule has 136 valence electrons. The van der Waals surface area contributed by atoms with Crippen LogP contribution in [0.25, 0.3) is 0 Å². The molecule has 0 spiro atoms. The molecule has 2 aliphatic heterocycles. The second-order valence-electron chi connectivity index (χ2n) is 8.36. The third-order valence-corrected chi connectivity index (χ3v) is 5.92. The second-order valence-corrected chi connectivity index (χ2v) is 8.36. The molecule has 2 heterocycles. The van der Waals surface area contributed by atoms with Crippen LogP contribution in [-0.2, 0) is 4.74 Å². The molecule has 3 nitrogen and oxygen atoms in total. The number of piperidine rings is 2. The lowest BCUT2D eigenvalue weighted by Gasteiger charge is -2.36. The summed E-state index contributed by atoms with van der Waals surface area (Å²) >= 11 is 0. The smallest absolute Gasteiger partial charge is 0.0518 e. The van der Waals surface area contributed by atoms with Gasteiger partial charge in [-0.05, 0) is 111 Å². The van der Waals surface area contributed by atoms with Crippen LogP contribution < -0.4 is 0 Å². The summed E-state index contributed by atoms with van der Waals surface area (Å²) in [7, 11) is 0. The lowest BCUT2D eigenvalue weighted by Crippen LogP contribution is -2.40. The van der Waals surface area contributed by atoms with Crippen molar-refractivity contribution in [2.24, 2.45) is 11.8 Å². The van der Waals surface area contributed by atoms with Crippen LogP contribution in [0.3, 0.4) is 0 Å². The first-order valence-electron chi connectivity index (χ1n) is 10.1. The molecule has 23 heavy (non-hydrogen) atoms. The highest BCUT2D eigenvalue weighted by atomic mass is 16.5. The zero-order valence-corrected chi connectivity index (χ0v) is 16.1. The van der Waals surface area contributed by atoms with Crippen molar-refractivity contribution < 1.29 is 4.74 Å². The highest BCUT2D eigenvalue weighted by Crippen LogP contribution is 2.25. The predicted molar refractivity (Wildman–Crippen MR) is 98.9 cm³/mol. The van der Waals surface area contributed by atoms with E-state index in [1.807, 2.05) is 0 Å². The van der Waals surface area contributed by atoms with Crippen molar-refractivity contribution in [3.8, 4) is 0 Å². The molecule has 0 saturated carbocycles. The summed E-state index contributed by atoms with van der Waals surface area (Å²) in [5.74, 6) is 1.88.